The number of benzene rings is 2. The molecule has 0 unspecified atom stereocenters. The van der Waals surface area contributed by atoms with Crippen molar-refractivity contribution in [3.63, 3.8) is 0 Å². The Labute approximate surface area is 177 Å². The quantitative estimate of drug-likeness (QED) is 0.302. The predicted octanol–water partition coefficient (Wildman–Crippen LogP) is 5.75. The molecular weight excluding hydrogens is 494 g/mol. The molecule has 8 heteroatoms. The van der Waals surface area contributed by atoms with Crippen LogP contribution in [0.2, 0.25) is 0 Å². The highest BCUT2D eigenvalue weighted by atomic mass is 79.9. The minimum absolute atomic E-state index is 0.149. The van der Waals surface area contributed by atoms with E-state index in [1.807, 2.05) is 48.7 Å². The summed E-state index contributed by atoms with van der Waals surface area (Å²) in [5.74, 6) is 0.149. The third-order valence-electron chi connectivity index (χ3n) is 3.90. The highest BCUT2D eigenvalue weighted by molar-refractivity contribution is 9.11. The van der Waals surface area contributed by atoms with Crippen LogP contribution < -0.4 is 11.1 Å². The van der Waals surface area contributed by atoms with Crippen molar-refractivity contribution in [2.24, 2.45) is 0 Å². The van der Waals surface area contributed by atoms with Gasteiger partial charge in [0, 0.05) is 22.2 Å². The number of carbonyl (C=O) groups is 1. The van der Waals surface area contributed by atoms with Crippen molar-refractivity contribution in [2.75, 3.05) is 11.1 Å². The first kappa shape index (κ1) is 19.6. The number of hydrogen-bond donors (Lipinski definition) is 3. The first-order chi connectivity index (χ1) is 12.9. The number of aromatic nitrogens is 1. The number of hydrogen-bond acceptors (Lipinski definition) is 5. The molecule has 0 atom stereocenters. The fourth-order valence-corrected chi connectivity index (χ4v) is 4.43. The number of thiazole rings is 1. The summed E-state index contributed by atoms with van der Waals surface area (Å²) in [4.78, 5) is 15.3. The summed E-state index contributed by atoms with van der Waals surface area (Å²) in [6, 6.07) is 9.35. The van der Waals surface area contributed by atoms with Crippen molar-refractivity contribution < 1.29 is 9.90 Å². The number of rotatable bonds is 5. The SMILES string of the molecule is C/C(=C\c1cc(Br)c(O)c(Br)c1)c1cc(-c2csc(N)n2)ccc1NC=O. The lowest BCUT2D eigenvalue weighted by Crippen LogP contribution is -1.98. The minimum Gasteiger partial charge on any atom is -0.506 e. The van der Waals surface area contributed by atoms with Crippen molar-refractivity contribution in [3.8, 4) is 17.0 Å². The third-order valence-corrected chi connectivity index (χ3v) is 5.78. The van der Waals surface area contributed by atoms with Gasteiger partial charge in [0.2, 0.25) is 6.41 Å². The second-order valence-electron chi connectivity index (χ2n) is 5.75. The number of anilines is 2. The van der Waals surface area contributed by atoms with Gasteiger partial charge in [-0.2, -0.15) is 0 Å². The maximum absolute atomic E-state index is 11.0. The van der Waals surface area contributed by atoms with Crippen LogP contribution in [0.5, 0.6) is 5.75 Å². The van der Waals surface area contributed by atoms with Crippen molar-refractivity contribution in [3.05, 3.63) is 55.8 Å². The molecule has 4 N–H and O–H groups in total. The summed E-state index contributed by atoms with van der Waals surface area (Å²) in [7, 11) is 0. The molecule has 0 aliphatic rings. The van der Waals surface area contributed by atoms with Gasteiger partial charge in [0.05, 0.1) is 14.6 Å². The van der Waals surface area contributed by atoms with Gasteiger partial charge < -0.3 is 16.2 Å². The number of halogens is 2. The van der Waals surface area contributed by atoms with Crippen LogP contribution in [0.3, 0.4) is 0 Å². The average molecular weight is 509 g/mol. The summed E-state index contributed by atoms with van der Waals surface area (Å²) >= 11 is 8.06. The number of nitrogens with zero attached hydrogens (tertiary/aromatic N) is 1. The van der Waals surface area contributed by atoms with Crippen LogP contribution in [0.15, 0.2) is 44.7 Å². The van der Waals surface area contributed by atoms with Crippen LogP contribution in [-0.2, 0) is 4.79 Å². The zero-order valence-electron chi connectivity index (χ0n) is 14.2. The first-order valence-corrected chi connectivity index (χ1v) is 10.3. The summed E-state index contributed by atoms with van der Waals surface area (Å²) in [5, 5.41) is 15.0. The molecule has 3 rings (SSSR count). The topological polar surface area (TPSA) is 88.2 Å². The molecule has 2 aromatic carbocycles. The number of phenols is 1. The fourth-order valence-electron chi connectivity index (χ4n) is 2.64. The largest absolute Gasteiger partial charge is 0.506 e. The van der Waals surface area contributed by atoms with Crippen LogP contribution in [0.4, 0.5) is 10.8 Å². The number of allylic oxidation sites excluding steroid dienone is 1. The van der Waals surface area contributed by atoms with E-state index in [0.717, 1.165) is 28.0 Å². The minimum atomic E-state index is 0.149. The van der Waals surface area contributed by atoms with E-state index in [2.05, 4.69) is 42.2 Å². The summed E-state index contributed by atoms with van der Waals surface area (Å²) < 4.78 is 1.18. The summed E-state index contributed by atoms with van der Waals surface area (Å²) in [5.41, 5.74) is 10.8. The van der Waals surface area contributed by atoms with Crippen molar-refractivity contribution in [2.45, 2.75) is 6.92 Å². The van der Waals surface area contributed by atoms with Crippen LogP contribution >= 0.6 is 43.2 Å². The second-order valence-corrected chi connectivity index (χ2v) is 8.35. The predicted molar refractivity (Wildman–Crippen MR) is 119 cm³/mol. The molecule has 1 amide bonds. The molecule has 0 saturated carbocycles. The van der Waals surface area contributed by atoms with Crippen molar-refractivity contribution >= 4 is 72.1 Å². The molecule has 1 aromatic heterocycles. The van der Waals surface area contributed by atoms with E-state index >= 15 is 0 Å². The summed E-state index contributed by atoms with van der Waals surface area (Å²) in [6.45, 7) is 1.96. The monoisotopic (exact) mass is 507 g/mol. The lowest BCUT2D eigenvalue weighted by Gasteiger charge is -2.12. The van der Waals surface area contributed by atoms with Crippen molar-refractivity contribution in [1.82, 2.24) is 4.98 Å². The molecule has 0 aliphatic heterocycles. The number of aromatic hydroxyl groups is 1. The van der Waals surface area contributed by atoms with Crippen LogP contribution in [0, 0.1) is 0 Å². The van der Waals surface area contributed by atoms with E-state index < -0.39 is 0 Å². The van der Waals surface area contributed by atoms with Gasteiger partial charge in [-0.05, 0) is 74.2 Å². The number of nitrogen functional groups attached to an aromatic ring is 1. The lowest BCUT2D eigenvalue weighted by molar-refractivity contribution is -0.105. The van der Waals surface area contributed by atoms with Crippen LogP contribution in [0.25, 0.3) is 22.9 Å². The van der Waals surface area contributed by atoms with Gasteiger partial charge in [-0.1, -0.05) is 12.1 Å². The number of phenolic OH excluding ortho intramolecular Hbond substituents is 1. The molecule has 0 fully saturated rings. The lowest BCUT2D eigenvalue weighted by atomic mass is 9.99. The highest BCUT2D eigenvalue weighted by Crippen LogP contribution is 2.36. The van der Waals surface area contributed by atoms with Gasteiger partial charge in [0.25, 0.3) is 0 Å². The molecule has 3 aromatic rings. The second kappa shape index (κ2) is 8.24. The van der Waals surface area contributed by atoms with E-state index in [0.29, 0.717) is 26.2 Å². The van der Waals surface area contributed by atoms with Gasteiger partial charge in [-0.3, -0.25) is 4.79 Å². The highest BCUT2D eigenvalue weighted by Gasteiger charge is 2.11. The molecule has 138 valence electrons. The molecule has 27 heavy (non-hydrogen) atoms. The van der Waals surface area contributed by atoms with Gasteiger partial charge in [0.1, 0.15) is 5.75 Å². The molecule has 0 aliphatic carbocycles. The van der Waals surface area contributed by atoms with E-state index in [1.165, 1.54) is 11.3 Å². The summed E-state index contributed by atoms with van der Waals surface area (Å²) in [6.07, 6.45) is 2.62. The van der Waals surface area contributed by atoms with E-state index in [9.17, 15) is 9.90 Å². The Balaban J connectivity index is 2.08. The molecule has 0 bridgehead atoms. The Kier molecular flexibility index (Phi) is 5.98. The van der Waals surface area contributed by atoms with Gasteiger partial charge in [0.15, 0.2) is 5.13 Å². The molecular formula is C19H15Br2N3O2S. The van der Waals surface area contributed by atoms with Crippen LogP contribution in [-0.4, -0.2) is 16.5 Å². The van der Waals surface area contributed by atoms with E-state index in [-0.39, 0.29) is 5.75 Å². The van der Waals surface area contributed by atoms with Crippen LogP contribution in [0.1, 0.15) is 18.1 Å². The number of carbonyl (C=O) groups excluding carboxylic acids is 1. The Morgan fingerprint density at radius 1 is 1.26 bits per heavy atom. The number of amides is 1. The Bertz CT molecular complexity index is 1020. The maximum atomic E-state index is 11.0. The molecule has 0 radical (unpaired) electrons. The maximum Gasteiger partial charge on any atom is 0.211 e. The smallest absolute Gasteiger partial charge is 0.211 e. The Morgan fingerprint density at radius 3 is 2.56 bits per heavy atom. The van der Waals surface area contributed by atoms with Crippen molar-refractivity contribution in [1.29, 1.82) is 0 Å². The van der Waals surface area contributed by atoms with E-state index in [4.69, 9.17) is 5.73 Å². The molecule has 1 heterocycles. The Morgan fingerprint density at radius 2 is 1.96 bits per heavy atom. The molecule has 0 saturated heterocycles. The van der Waals surface area contributed by atoms with Gasteiger partial charge in [-0.25, -0.2) is 4.98 Å². The number of nitrogens with two attached hydrogens (primary N) is 1. The van der Waals surface area contributed by atoms with E-state index in [1.54, 1.807) is 0 Å². The number of nitrogens with one attached hydrogen (secondary N) is 1. The molecule has 0 spiro atoms. The standard InChI is InChI=1S/C19H15Br2N3O2S/c1-10(4-11-5-14(20)18(26)15(21)6-11)13-7-12(2-3-16(13)23-9-25)17-8-27-19(22)24-17/h2-9,26H,1H3,(H2,22,24)(H,23,25)/b10-4+. The third kappa shape index (κ3) is 4.40. The van der Waals surface area contributed by atoms with Gasteiger partial charge >= 0.3 is 0 Å². The fraction of sp³-hybridized carbons (Fsp3) is 0.0526. The normalized spacial score (nSPS) is 11.4. The average Bonchev–Trinajstić information content (AvgIpc) is 3.06. The van der Waals surface area contributed by atoms with Gasteiger partial charge in [-0.15, -0.1) is 11.3 Å². The zero-order valence-corrected chi connectivity index (χ0v) is 18.2. The molecule has 5 nitrogen and oxygen atoms in total. The Hall–Kier alpha value is -2.16. The zero-order chi connectivity index (χ0) is 19.6. The first-order valence-electron chi connectivity index (χ1n) is 7.81.